The Morgan fingerprint density at radius 1 is 1.18 bits per heavy atom. The third-order valence-electron chi connectivity index (χ3n) is 3.28. The zero-order valence-electron chi connectivity index (χ0n) is 10.9. The number of nitrogens with zero attached hydrogens (tertiary/aromatic N) is 1. The van der Waals surface area contributed by atoms with Crippen LogP contribution in [0.25, 0.3) is 5.73 Å². The van der Waals surface area contributed by atoms with E-state index >= 15 is 0 Å². The number of nitrogens with one attached hydrogen (secondary N) is 1. The standard InChI is InChI=1S/C10H18FN2O.C2H6.V/c11-9-7-13(4-1-10(9)12)8-2-5-14-6-3-8;1-2;/h8-10,12H,1-7H2;1-2H3;/q-1;;. The van der Waals surface area contributed by atoms with E-state index in [1.54, 1.807) is 0 Å². The Labute approximate surface area is 116 Å². The number of hydrogen-bond acceptors (Lipinski definition) is 2. The van der Waals surface area contributed by atoms with Crippen molar-refractivity contribution in [2.24, 2.45) is 0 Å². The van der Waals surface area contributed by atoms with Gasteiger partial charge < -0.3 is 10.5 Å². The molecule has 2 fully saturated rings. The van der Waals surface area contributed by atoms with E-state index in [4.69, 9.17) is 10.5 Å². The summed E-state index contributed by atoms with van der Waals surface area (Å²) in [6, 6.07) is 0.000547. The normalized spacial score (nSPS) is 31.1. The molecule has 0 spiro atoms. The largest absolute Gasteiger partial charge is 0.672 e. The molecule has 0 saturated carbocycles. The van der Waals surface area contributed by atoms with Gasteiger partial charge in [-0.3, -0.25) is 4.90 Å². The van der Waals surface area contributed by atoms with Crippen LogP contribution in [0.2, 0.25) is 0 Å². The molecule has 101 valence electrons. The van der Waals surface area contributed by atoms with Crippen LogP contribution in [-0.4, -0.2) is 49.5 Å². The average molecular weight is 282 g/mol. The van der Waals surface area contributed by atoms with E-state index in [1.165, 1.54) is 0 Å². The van der Waals surface area contributed by atoms with Gasteiger partial charge in [0.25, 0.3) is 0 Å². The SMILES string of the molecule is CC.[NH-]C1CCN(C2CCOCC2)CC1F.[V]. The molecule has 2 saturated heterocycles. The minimum absolute atomic E-state index is 0. The topological polar surface area (TPSA) is 36.3 Å². The third-order valence-corrected chi connectivity index (χ3v) is 3.28. The molecular formula is C12H24FN2OV-. The smallest absolute Gasteiger partial charge is 0.0968 e. The molecule has 1 radical (unpaired) electrons. The van der Waals surface area contributed by atoms with Crippen LogP contribution in [0.4, 0.5) is 4.39 Å². The van der Waals surface area contributed by atoms with Crippen LogP contribution >= 0.6 is 0 Å². The molecule has 17 heavy (non-hydrogen) atoms. The van der Waals surface area contributed by atoms with Crippen molar-refractivity contribution in [1.82, 2.24) is 4.90 Å². The van der Waals surface area contributed by atoms with Gasteiger partial charge in [0.05, 0.1) is 6.17 Å². The first kappa shape index (κ1) is 17.4. The van der Waals surface area contributed by atoms with Gasteiger partial charge in [0.1, 0.15) is 0 Å². The van der Waals surface area contributed by atoms with Gasteiger partial charge in [-0.2, -0.15) is 0 Å². The van der Waals surface area contributed by atoms with Crippen molar-refractivity contribution in [3.8, 4) is 0 Å². The number of piperidine rings is 1. The summed E-state index contributed by atoms with van der Waals surface area (Å²) in [6.45, 7) is 6.96. The van der Waals surface area contributed by atoms with E-state index in [2.05, 4.69) is 4.90 Å². The van der Waals surface area contributed by atoms with E-state index in [0.29, 0.717) is 19.0 Å². The Morgan fingerprint density at radius 3 is 2.29 bits per heavy atom. The van der Waals surface area contributed by atoms with E-state index in [0.717, 1.165) is 32.6 Å². The summed E-state index contributed by atoms with van der Waals surface area (Å²) in [5.41, 5.74) is 7.46. The number of ether oxygens (including phenoxy) is 1. The van der Waals surface area contributed by atoms with Gasteiger partial charge in [-0.1, -0.05) is 20.3 Å². The Bertz CT molecular complexity index is 191. The van der Waals surface area contributed by atoms with Crippen LogP contribution in [0.1, 0.15) is 33.1 Å². The third kappa shape index (κ3) is 5.27. The maximum Gasteiger partial charge on any atom is 0.0968 e. The fourth-order valence-corrected chi connectivity index (χ4v) is 2.31. The first-order valence-electron chi connectivity index (χ1n) is 6.44. The van der Waals surface area contributed by atoms with Gasteiger partial charge in [-0.05, 0) is 19.4 Å². The summed E-state index contributed by atoms with van der Waals surface area (Å²) in [5, 5.41) is 0. The maximum absolute atomic E-state index is 13.3. The molecule has 0 aromatic rings. The molecule has 2 aliphatic heterocycles. The van der Waals surface area contributed by atoms with Crippen LogP contribution in [0.5, 0.6) is 0 Å². The van der Waals surface area contributed by atoms with Gasteiger partial charge in [0, 0.05) is 44.4 Å². The van der Waals surface area contributed by atoms with Crippen LogP contribution < -0.4 is 0 Å². The first-order chi connectivity index (χ1) is 7.77. The molecular weight excluding hydrogens is 258 g/mol. The van der Waals surface area contributed by atoms with Crippen molar-refractivity contribution in [2.45, 2.75) is 51.4 Å². The molecule has 2 rings (SSSR count). The molecule has 0 aromatic carbocycles. The van der Waals surface area contributed by atoms with Crippen molar-refractivity contribution in [1.29, 1.82) is 0 Å². The predicted octanol–water partition coefficient (Wildman–Crippen LogP) is 2.65. The van der Waals surface area contributed by atoms with Gasteiger partial charge in [0.15, 0.2) is 0 Å². The number of alkyl halides is 1. The Morgan fingerprint density at radius 2 is 1.76 bits per heavy atom. The van der Waals surface area contributed by atoms with Crippen LogP contribution in [-0.2, 0) is 23.3 Å². The molecule has 2 heterocycles. The summed E-state index contributed by atoms with van der Waals surface area (Å²) < 4.78 is 18.6. The van der Waals surface area contributed by atoms with Crippen molar-refractivity contribution in [3.05, 3.63) is 5.73 Å². The molecule has 0 aliphatic carbocycles. The van der Waals surface area contributed by atoms with Crippen molar-refractivity contribution >= 4 is 0 Å². The second-order valence-electron chi connectivity index (χ2n) is 4.25. The molecule has 2 atom stereocenters. The van der Waals surface area contributed by atoms with Crippen LogP contribution in [0.3, 0.4) is 0 Å². The van der Waals surface area contributed by atoms with E-state index in [-0.39, 0.29) is 18.6 Å². The van der Waals surface area contributed by atoms with Gasteiger partial charge in [-0.25, -0.2) is 4.39 Å². The Balaban J connectivity index is 0.000000811. The second-order valence-corrected chi connectivity index (χ2v) is 4.25. The Hall–Kier alpha value is 0.394. The van der Waals surface area contributed by atoms with Gasteiger partial charge in [0.2, 0.25) is 0 Å². The molecule has 0 amide bonds. The van der Waals surface area contributed by atoms with E-state index in [9.17, 15) is 4.39 Å². The Kier molecular flexibility index (Phi) is 9.56. The van der Waals surface area contributed by atoms with E-state index in [1.807, 2.05) is 13.8 Å². The van der Waals surface area contributed by atoms with Crippen LogP contribution in [0, 0.1) is 0 Å². The molecule has 5 heteroatoms. The zero-order valence-corrected chi connectivity index (χ0v) is 12.3. The zero-order chi connectivity index (χ0) is 12.0. The molecule has 0 bridgehead atoms. The monoisotopic (exact) mass is 282 g/mol. The van der Waals surface area contributed by atoms with E-state index < -0.39 is 12.2 Å². The second kappa shape index (κ2) is 9.34. The summed E-state index contributed by atoms with van der Waals surface area (Å²) in [6.07, 6.45) is 1.77. The number of halogens is 1. The van der Waals surface area contributed by atoms with Gasteiger partial charge >= 0.3 is 0 Å². The fraction of sp³-hybridized carbons (Fsp3) is 1.00. The summed E-state index contributed by atoms with van der Waals surface area (Å²) in [4.78, 5) is 2.21. The number of rotatable bonds is 1. The van der Waals surface area contributed by atoms with Gasteiger partial charge in [-0.15, -0.1) is 6.04 Å². The molecule has 3 nitrogen and oxygen atoms in total. The summed E-state index contributed by atoms with van der Waals surface area (Å²) in [5.74, 6) is 0. The molecule has 2 unspecified atom stereocenters. The summed E-state index contributed by atoms with van der Waals surface area (Å²) in [7, 11) is 0. The van der Waals surface area contributed by atoms with Crippen molar-refractivity contribution in [2.75, 3.05) is 26.3 Å². The van der Waals surface area contributed by atoms with Crippen molar-refractivity contribution < 1.29 is 27.7 Å². The fourth-order valence-electron chi connectivity index (χ4n) is 2.31. The molecule has 1 N–H and O–H groups in total. The minimum atomic E-state index is -0.952. The maximum atomic E-state index is 13.3. The predicted molar refractivity (Wildman–Crippen MR) is 64.4 cm³/mol. The first-order valence-corrected chi connectivity index (χ1v) is 6.44. The average Bonchev–Trinajstić information content (AvgIpc) is 2.36. The summed E-state index contributed by atoms with van der Waals surface area (Å²) >= 11 is 0. The van der Waals surface area contributed by atoms with Crippen molar-refractivity contribution in [3.63, 3.8) is 0 Å². The quantitative estimate of drug-likeness (QED) is 0.741. The molecule has 0 aromatic heterocycles. The van der Waals surface area contributed by atoms with Crippen LogP contribution in [0.15, 0.2) is 0 Å². The number of likely N-dealkylation sites (tertiary alicyclic amines) is 1. The number of hydrogen-bond donors (Lipinski definition) is 0. The molecule has 2 aliphatic rings. The minimum Gasteiger partial charge on any atom is -0.672 e.